The Morgan fingerprint density at radius 2 is 2.33 bits per heavy atom. The van der Waals surface area contributed by atoms with Crippen LogP contribution in [0.1, 0.15) is 31.2 Å². The van der Waals surface area contributed by atoms with Gasteiger partial charge in [-0.3, -0.25) is 0 Å². The van der Waals surface area contributed by atoms with Crippen molar-refractivity contribution in [2.24, 2.45) is 0 Å². The lowest BCUT2D eigenvalue weighted by Crippen LogP contribution is -2.42. The molecule has 1 aromatic heterocycles. The predicted octanol–water partition coefficient (Wildman–Crippen LogP) is 1.53. The summed E-state index contributed by atoms with van der Waals surface area (Å²) < 4.78 is 0. The van der Waals surface area contributed by atoms with Gasteiger partial charge >= 0.3 is 0 Å². The Morgan fingerprint density at radius 3 is 2.80 bits per heavy atom. The van der Waals surface area contributed by atoms with Crippen LogP contribution in [-0.4, -0.2) is 29.0 Å². The van der Waals surface area contributed by atoms with Crippen LogP contribution in [0.3, 0.4) is 0 Å². The minimum atomic E-state index is -1.04. The number of aliphatic hydroxyl groups excluding tert-OH is 1. The van der Waals surface area contributed by atoms with E-state index in [9.17, 15) is 5.11 Å². The summed E-state index contributed by atoms with van der Waals surface area (Å²) in [4.78, 5) is 1.27. The molecule has 0 radical (unpaired) electrons. The van der Waals surface area contributed by atoms with Crippen molar-refractivity contribution in [1.29, 1.82) is 0 Å². The third-order valence-corrected chi connectivity index (χ3v) is 3.35. The molecule has 2 unspecified atom stereocenters. The number of nitrogens with one attached hydrogen (secondary N) is 1. The Hall–Kier alpha value is -0.420. The molecule has 4 heteroatoms. The zero-order chi connectivity index (χ0) is 11.3. The van der Waals surface area contributed by atoms with Crippen LogP contribution in [0, 0.1) is 0 Å². The van der Waals surface area contributed by atoms with Gasteiger partial charge in [0.25, 0.3) is 0 Å². The van der Waals surface area contributed by atoms with Crippen molar-refractivity contribution in [3.05, 3.63) is 22.4 Å². The van der Waals surface area contributed by atoms with Crippen LogP contribution in [0.2, 0.25) is 0 Å². The van der Waals surface area contributed by atoms with Gasteiger partial charge in [-0.15, -0.1) is 11.3 Å². The molecule has 3 N–H and O–H groups in total. The zero-order valence-electron chi connectivity index (χ0n) is 9.23. The van der Waals surface area contributed by atoms with E-state index in [1.54, 1.807) is 18.3 Å². The smallest absolute Gasteiger partial charge is 0.0973 e. The van der Waals surface area contributed by atoms with Crippen LogP contribution >= 0.6 is 11.3 Å². The quantitative estimate of drug-likeness (QED) is 0.693. The first kappa shape index (κ1) is 12.6. The Labute approximate surface area is 94.8 Å². The maximum Gasteiger partial charge on any atom is 0.0973 e. The summed E-state index contributed by atoms with van der Waals surface area (Å²) in [6, 6.07) is 4.37. The lowest BCUT2D eigenvalue weighted by Gasteiger charge is -2.24. The van der Waals surface area contributed by atoms with Crippen molar-refractivity contribution in [3.8, 4) is 0 Å². The van der Waals surface area contributed by atoms with E-state index in [2.05, 4.69) is 18.3 Å². The first-order valence-electron chi connectivity index (χ1n) is 5.19. The van der Waals surface area contributed by atoms with Gasteiger partial charge in [0.15, 0.2) is 0 Å². The van der Waals surface area contributed by atoms with E-state index in [1.807, 2.05) is 11.4 Å². The number of aliphatic hydroxyl groups is 2. The Kier molecular flexibility index (Phi) is 4.73. The molecule has 0 saturated carbocycles. The van der Waals surface area contributed by atoms with Crippen molar-refractivity contribution >= 4 is 11.3 Å². The van der Waals surface area contributed by atoms with Gasteiger partial charge in [-0.25, -0.2) is 0 Å². The van der Waals surface area contributed by atoms with E-state index in [4.69, 9.17) is 5.11 Å². The van der Waals surface area contributed by atoms with E-state index in [0.29, 0.717) is 6.54 Å². The van der Waals surface area contributed by atoms with Crippen LogP contribution in [0.4, 0.5) is 0 Å². The van der Waals surface area contributed by atoms with Gasteiger partial charge in [0.1, 0.15) is 0 Å². The maximum atomic E-state index is 9.66. The van der Waals surface area contributed by atoms with E-state index < -0.39 is 5.60 Å². The lowest BCUT2D eigenvalue weighted by atomic mass is 10.1. The molecule has 1 rings (SSSR count). The minimum Gasteiger partial charge on any atom is -0.393 e. The number of hydrogen-bond donors (Lipinski definition) is 3. The van der Waals surface area contributed by atoms with E-state index in [-0.39, 0.29) is 12.6 Å². The summed E-state index contributed by atoms with van der Waals surface area (Å²) in [5.41, 5.74) is -1.04. The molecule has 15 heavy (non-hydrogen) atoms. The molecule has 0 aliphatic rings. The molecule has 3 nitrogen and oxygen atoms in total. The van der Waals surface area contributed by atoms with Crippen LogP contribution in [0.15, 0.2) is 17.5 Å². The Morgan fingerprint density at radius 1 is 1.60 bits per heavy atom. The predicted molar refractivity (Wildman–Crippen MR) is 63.1 cm³/mol. The molecular weight excluding hydrogens is 210 g/mol. The molecule has 0 bridgehead atoms. The first-order chi connectivity index (χ1) is 7.09. The SMILES string of the molecule is CCC(NCC(C)(O)CO)c1cccs1. The summed E-state index contributed by atoms with van der Waals surface area (Å²) in [5.74, 6) is 0. The minimum absolute atomic E-state index is 0.221. The number of thiophene rings is 1. The summed E-state index contributed by atoms with van der Waals surface area (Å²) in [6.45, 7) is 3.91. The van der Waals surface area contributed by atoms with Crippen molar-refractivity contribution in [2.45, 2.75) is 31.9 Å². The topological polar surface area (TPSA) is 52.5 Å². The second kappa shape index (κ2) is 5.61. The average molecular weight is 229 g/mol. The van der Waals surface area contributed by atoms with Gasteiger partial charge in [-0.1, -0.05) is 13.0 Å². The number of rotatable bonds is 6. The Bertz CT molecular complexity index is 272. The molecule has 2 atom stereocenters. The molecule has 0 aromatic carbocycles. The third kappa shape index (κ3) is 3.91. The van der Waals surface area contributed by atoms with Crippen molar-refractivity contribution in [3.63, 3.8) is 0 Å². The molecule has 86 valence electrons. The fourth-order valence-corrected chi connectivity index (χ4v) is 2.22. The van der Waals surface area contributed by atoms with Gasteiger partial charge in [-0.05, 0) is 24.8 Å². The summed E-state index contributed by atoms with van der Waals surface area (Å²) >= 11 is 1.71. The van der Waals surface area contributed by atoms with Gasteiger partial charge in [0.2, 0.25) is 0 Å². The van der Waals surface area contributed by atoms with Crippen LogP contribution in [-0.2, 0) is 0 Å². The van der Waals surface area contributed by atoms with Gasteiger partial charge in [0, 0.05) is 17.5 Å². The molecule has 0 aliphatic carbocycles. The molecule has 0 aliphatic heterocycles. The highest BCUT2D eigenvalue weighted by atomic mass is 32.1. The molecule has 0 saturated heterocycles. The van der Waals surface area contributed by atoms with Crippen LogP contribution in [0.5, 0.6) is 0 Å². The van der Waals surface area contributed by atoms with Crippen LogP contribution in [0.25, 0.3) is 0 Å². The molecule has 1 aromatic rings. The fourth-order valence-electron chi connectivity index (χ4n) is 1.33. The van der Waals surface area contributed by atoms with E-state index >= 15 is 0 Å². The second-order valence-electron chi connectivity index (χ2n) is 4.01. The second-order valence-corrected chi connectivity index (χ2v) is 4.99. The maximum absolute atomic E-state index is 9.66. The van der Waals surface area contributed by atoms with Crippen molar-refractivity contribution in [2.75, 3.05) is 13.2 Å². The molecule has 1 heterocycles. The van der Waals surface area contributed by atoms with E-state index in [1.165, 1.54) is 4.88 Å². The average Bonchev–Trinajstić information content (AvgIpc) is 2.72. The molecule has 0 amide bonds. The number of hydrogen-bond acceptors (Lipinski definition) is 4. The normalized spacial score (nSPS) is 17.3. The molecule has 0 spiro atoms. The monoisotopic (exact) mass is 229 g/mol. The lowest BCUT2D eigenvalue weighted by molar-refractivity contribution is 0.000668. The molecular formula is C11H19NO2S. The molecule has 0 fully saturated rings. The third-order valence-electron chi connectivity index (χ3n) is 2.36. The van der Waals surface area contributed by atoms with Gasteiger partial charge < -0.3 is 15.5 Å². The van der Waals surface area contributed by atoms with E-state index in [0.717, 1.165) is 6.42 Å². The summed E-state index contributed by atoms with van der Waals surface area (Å²) in [6.07, 6.45) is 0.974. The Balaban J connectivity index is 2.49. The van der Waals surface area contributed by atoms with Gasteiger partial charge in [0.05, 0.1) is 12.2 Å². The fraction of sp³-hybridized carbons (Fsp3) is 0.636. The van der Waals surface area contributed by atoms with Gasteiger partial charge in [-0.2, -0.15) is 0 Å². The summed E-state index contributed by atoms with van der Waals surface area (Å²) in [5, 5.41) is 23.9. The first-order valence-corrected chi connectivity index (χ1v) is 6.07. The van der Waals surface area contributed by atoms with Crippen molar-refractivity contribution < 1.29 is 10.2 Å². The zero-order valence-corrected chi connectivity index (χ0v) is 10.0. The standard InChI is InChI=1S/C11H19NO2S/c1-3-9(10-5-4-6-15-10)12-7-11(2,14)8-13/h4-6,9,12-14H,3,7-8H2,1-2H3. The largest absolute Gasteiger partial charge is 0.393 e. The highest BCUT2D eigenvalue weighted by Crippen LogP contribution is 2.21. The van der Waals surface area contributed by atoms with Crippen molar-refractivity contribution in [1.82, 2.24) is 5.32 Å². The highest BCUT2D eigenvalue weighted by molar-refractivity contribution is 7.10. The summed E-state index contributed by atoms with van der Waals surface area (Å²) in [7, 11) is 0. The highest BCUT2D eigenvalue weighted by Gasteiger charge is 2.20. The van der Waals surface area contributed by atoms with Crippen LogP contribution < -0.4 is 5.32 Å².